The van der Waals surface area contributed by atoms with Crippen molar-refractivity contribution < 1.29 is 14.1 Å². The van der Waals surface area contributed by atoms with Crippen LogP contribution in [-0.2, 0) is 11.3 Å². The van der Waals surface area contributed by atoms with Gasteiger partial charge >= 0.3 is 5.76 Å². The van der Waals surface area contributed by atoms with Crippen LogP contribution in [-0.4, -0.2) is 40.4 Å². The Kier molecular flexibility index (Phi) is 5.81. The summed E-state index contributed by atoms with van der Waals surface area (Å²) in [7, 11) is 1.73. The molecule has 0 bridgehead atoms. The molecule has 9 nitrogen and oxygen atoms in total. The summed E-state index contributed by atoms with van der Waals surface area (Å²) in [5, 5.41) is 10.8. The maximum absolute atomic E-state index is 12.2. The molecule has 0 aliphatic rings. The van der Waals surface area contributed by atoms with Gasteiger partial charge in [-0.05, 0) is 24.4 Å². The lowest BCUT2D eigenvalue weighted by Gasteiger charge is -2.29. The molecule has 0 aliphatic carbocycles. The van der Waals surface area contributed by atoms with E-state index in [1.54, 1.807) is 11.9 Å². The number of carbonyl (C=O) groups is 1. The number of nitrogens with two attached hydrogens (primary N) is 1. The summed E-state index contributed by atoms with van der Waals surface area (Å²) in [6, 6.07) is 4.03. The molecule has 2 N–H and O–H groups in total. The predicted molar refractivity (Wildman–Crippen MR) is 96.8 cm³/mol. The zero-order chi connectivity index (χ0) is 19.5. The predicted octanol–water partition coefficient (Wildman–Crippen LogP) is 1.73. The maximum Gasteiger partial charge on any atom is 0.419 e. The first-order valence-electron chi connectivity index (χ1n) is 8.36. The number of nitro groups is 1. The summed E-state index contributed by atoms with van der Waals surface area (Å²) in [5.41, 5.74) is 6.03. The minimum Gasteiger partial charge on any atom is -0.407 e. The largest absolute Gasteiger partial charge is 0.419 e. The Balaban J connectivity index is 2.01. The summed E-state index contributed by atoms with van der Waals surface area (Å²) in [6.45, 7) is 5.32. The molecular formula is C17H24N4O5. The van der Waals surface area contributed by atoms with Crippen LogP contribution < -0.4 is 11.5 Å². The summed E-state index contributed by atoms with van der Waals surface area (Å²) in [5.74, 6) is -0.617. The summed E-state index contributed by atoms with van der Waals surface area (Å²) < 4.78 is 6.45. The van der Waals surface area contributed by atoms with E-state index >= 15 is 0 Å². The van der Waals surface area contributed by atoms with Crippen LogP contribution in [0, 0.1) is 15.5 Å². The molecule has 9 heteroatoms. The van der Waals surface area contributed by atoms with E-state index in [0.717, 1.165) is 0 Å². The van der Waals surface area contributed by atoms with Crippen LogP contribution in [0.2, 0.25) is 0 Å². The number of nitrogens with zero attached hydrogens (tertiary/aromatic N) is 3. The van der Waals surface area contributed by atoms with Gasteiger partial charge in [-0.3, -0.25) is 19.5 Å². The average molecular weight is 364 g/mol. The van der Waals surface area contributed by atoms with E-state index in [4.69, 9.17) is 10.2 Å². The van der Waals surface area contributed by atoms with E-state index in [9.17, 15) is 19.7 Å². The molecule has 26 heavy (non-hydrogen) atoms. The van der Waals surface area contributed by atoms with Gasteiger partial charge in [0.25, 0.3) is 5.69 Å². The number of carbonyl (C=O) groups excluding carboxylic acids is 1. The molecule has 2 aromatic rings. The first-order valence-corrected chi connectivity index (χ1v) is 8.36. The third-order valence-electron chi connectivity index (χ3n) is 4.28. The number of aromatic nitrogens is 1. The smallest absolute Gasteiger partial charge is 0.407 e. The Bertz CT molecular complexity index is 868. The Morgan fingerprint density at radius 2 is 2.12 bits per heavy atom. The van der Waals surface area contributed by atoms with Crippen LogP contribution in [0.25, 0.3) is 11.1 Å². The summed E-state index contributed by atoms with van der Waals surface area (Å²) in [4.78, 5) is 36.1. The van der Waals surface area contributed by atoms with Crippen molar-refractivity contribution in [1.82, 2.24) is 9.47 Å². The molecule has 0 saturated heterocycles. The molecular weight excluding hydrogens is 340 g/mol. The Hall–Kier alpha value is -2.68. The highest BCUT2D eigenvalue weighted by molar-refractivity contribution is 5.76. The zero-order valence-electron chi connectivity index (χ0n) is 15.2. The molecule has 142 valence electrons. The fraction of sp³-hybridized carbons (Fsp3) is 0.529. The topological polar surface area (TPSA) is 125 Å². The molecule has 0 atom stereocenters. The molecule has 1 aromatic carbocycles. The van der Waals surface area contributed by atoms with Crippen molar-refractivity contribution in [3.05, 3.63) is 38.9 Å². The number of non-ortho nitro benzene ring substituents is 1. The van der Waals surface area contributed by atoms with Gasteiger partial charge in [-0.2, -0.15) is 0 Å². The van der Waals surface area contributed by atoms with Gasteiger partial charge in [0.2, 0.25) is 5.91 Å². The summed E-state index contributed by atoms with van der Waals surface area (Å²) in [6.07, 6.45) is 0.737. The van der Waals surface area contributed by atoms with Gasteiger partial charge in [0, 0.05) is 32.6 Å². The Morgan fingerprint density at radius 1 is 1.42 bits per heavy atom. The number of rotatable bonds is 8. The van der Waals surface area contributed by atoms with Crippen LogP contribution in [0.15, 0.2) is 27.4 Å². The number of hydrogen-bond acceptors (Lipinski definition) is 6. The third kappa shape index (κ3) is 4.48. The minimum absolute atomic E-state index is 0.0250. The first kappa shape index (κ1) is 19.6. The minimum atomic E-state index is -0.592. The molecule has 0 radical (unpaired) electrons. The van der Waals surface area contributed by atoms with Crippen molar-refractivity contribution in [2.24, 2.45) is 11.1 Å². The van der Waals surface area contributed by atoms with Gasteiger partial charge in [-0.1, -0.05) is 13.8 Å². The SMILES string of the molecule is CN(CC(C)(C)CN)C(=O)CCCn1c(=O)oc2cc([N+](=O)[O-])ccc21. The van der Waals surface area contributed by atoms with Crippen LogP contribution in [0.1, 0.15) is 26.7 Å². The van der Waals surface area contributed by atoms with Gasteiger partial charge in [-0.15, -0.1) is 0 Å². The molecule has 1 amide bonds. The molecule has 1 heterocycles. The van der Waals surface area contributed by atoms with Crippen LogP contribution in [0.4, 0.5) is 5.69 Å². The first-order chi connectivity index (χ1) is 12.1. The third-order valence-corrected chi connectivity index (χ3v) is 4.28. The van der Waals surface area contributed by atoms with E-state index in [0.29, 0.717) is 31.6 Å². The highest BCUT2D eigenvalue weighted by Gasteiger charge is 2.21. The van der Waals surface area contributed by atoms with Gasteiger partial charge in [0.05, 0.1) is 16.5 Å². The van der Waals surface area contributed by atoms with Crippen molar-refractivity contribution in [1.29, 1.82) is 0 Å². The second kappa shape index (κ2) is 7.69. The Morgan fingerprint density at radius 3 is 2.73 bits per heavy atom. The van der Waals surface area contributed by atoms with E-state index in [-0.39, 0.29) is 29.0 Å². The molecule has 0 unspecified atom stereocenters. The Labute approximate surface area is 150 Å². The molecule has 0 aliphatic heterocycles. The normalized spacial score (nSPS) is 11.7. The number of amides is 1. The van der Waals surface area contributed by atoms with Crippen molar-refractivity contribution in [3.8, 4) is 0 Å². The fourth-order valence-corrected chi connectivity index (χ4v) is 2.75. The van der Waals surface area contributed by atoms with Gasteiger partial charge < -0.3 is 15.1 Å². The lowest BCUT2D eigenvalue weighted by molar-refractivity contribution is -0.384. The number of benzene rings is 1. The number of oxazole rings is 1. The van der Waals surface area contributed by atoms with Crippen molar-refractivity contribution in [2.75, 3.05) is 20.1 Å². The van der Waals surface area contributed by atoms with Crippen LogP contribution >= 0.6 is 0 Å². The average Bonchev–Trinajstić information content (AvgIpc) is 2.89. The molecule has 0 spiro atoms. The quantitative estimate of drug-likeness (QED) is 0.562. The summed E-state index contributed by atoms with van der Waals surface area (Å²) >= 11 is 0. The molecule has 1 aromatic heterocycles. The van der Waals surface area contributed by atoms with Crippen molar-refractivity contribution in [2.45, 2.75) is 33.2 Å². The van der Waals surface area contributed by atoms with Gasteiger partial charge in [0.15, 0.2) is 5.58 Å². The molecule has 2 rings (SSSR count). The fourth-order valence-electron chi connectivity index (χ4n) is 2.75. The maximum atomic E-state index is 12.2. The highest BCUT2D eigenvalue weighted by Crippen LogP contribution is 2.20. The van der Waals surface area contributed by atoms with Gasteiger partial charge in [-0.25, -0.2) is 4.79 Å². The van der Waals surface area contributed by atoms with Crippen LogP contribution in [0.3, 0.4) is 0 Å². The second-order valence-corrected chi connectivity index (χ2v) is 7.15. The highest BCUT2D eigenvalue weighted by atomic mass is 16.6. The lowest BCUT2D eigenvalue weighted by Crippen LogP contribution is -2.39. The van der Waals surface area contributed by atoms with E-state index < -0.39 is 10.7 Å². The van der Waals surface area contributed by atoms with E-state index in [1.165, 1.54) is 22.8 Å². The van der Waals surface area contributed by atoms with Crippen molar-refractivity contribution >= 4 is 22.7 Å². The molecule has 0 fully saturated rings. The number of fused-ring (bicyclic) bond motifs is 1. The number of nitro benzene ring substituents is 1. The molecule has 0 saturated carbocycles. The standard InChI is InChI=1S/C17H24N4O5/c1-17(2,10-18)11-19(3)15(22)5-4-8-20-13-7-6-12(21(24)25)9-14(13)26-16(20)23/h6-7,9H,4-5,8,10-11,18H2,1-3H3. The second-order valence-electron chi connectivity index (χ2n) is 7.15. The monoisotopic (exact) mass is 364 g/mol. The van der Waals surface area contributed by atoms with E-state index in [1.807, 2.05) is 13.8 Å². The van der Waals surface area contributed by atoms with Crippen molar-refractivity contribution in [3.63, 3.8) is 0 Å². The number of aryl methyl sites for hydroxylation is 1. The zero-order valence-corrected chi connectivity index (χ0v) is 15.2. The van der Waals surface area contributed by atoms with E-state index in [2.05, 4.69) is 0 Å². The van der Waals surface area contributed by atoms with Gasteiger partial charge in [0.1, 0.15) is 0 Å². The number of hydrogen-bond donors (Lipinski definition) is 1. The van der Waals surface area contributed by atoms with Crippen LogP contribution in [0.5, 0.6) is 0 Å². The lowest BCUT2D eigenvalue weighted by atomic mass is 9.93.